The Kier molecular flexibility index (Phi) is 4.03. The van der Waals surface area contributed by atoms with E-state index in [-0.39, 0.29) is 10.8 Å². The normalized spacial score (nSPS) is 20.3. The lowest BCUT2D eigenvalue weighted by molar-refractivity contribution is 0.271. The Hall–Kier alpha value is -1.70. The molecule has 1 fully saturated rings. The summed E-state index contributed by atoms with van der Waals surface area (Å²) in [6.07, 6.45) is 1.79. The molecule has 0 amide bonds. The van der Waals surface area contributed by atoms with E-state index in [1.807, 2.05) is 0 Å². The summed E-state index contributed by atoms with van der Waals surface area (Å²) in [6, 6.07) is 7.39. The van der Waals surface area contributed by atoms with Gasteiger partial charge in [-0.15, -0.1) is 0 Å². The Morgan fingerprint density at radius 1 is 1.27 bits per heavy atom. The predicted molar refractivity (Wildman–Crippen MR) is 83.0 cm³/mol. The third-order valence-electron chi connectivity index (χ3n) is 4.04. The summed E-state index contributed by atoms with van der Waals surface area (Å²) in [5, 5.41) is 0.591. The molecule has 2 aromatic rings. The maximum atomic E-state index is 12.8. The second-order valence-corrected chi connectivity index (χ2v) is 7.50. The first-order valence-corrected chi connectivity index (χ1v) is 8.69. The fourth-order valence-electron chi connectivity index (χ4n) is 2.80. The van der Waals surface area contributed by atoms with Gasteiger partial charge in [0.1, 0.15) is 5.58 Å². The van der Waals surface area contributed by atoms with Crippen LogP contribution in [0, 0.1) is 5.92 Å². The van der Waals surface area contributed by atoms with E-state index in [1.165, 1.54) is 22.5 Å². The molecule has 22 heavy (non-hydrogen) atoms. The van der Waals surface area contributed by atoms with E-state index in [0.29, 0.717) is 30.6 Å². The van der Waals surface area contributed by atoms with Crippen molar-refractivity contribution < 1.29 is 12.8 Å². The van der Waals surface area contributed by atoms with Crippen LogP contribution in [-0.4, -0.2) is 32.4 Å². The van der Waals surface area contributed by atoms with Crippen LogP contribution in [-0.2, 0) is 10.0 Å². The summed E-state index contributed by atoms with van der Waals surface area (Å²) in [7, 11) is -3.55. The molecule has 0 bridgehead atoms. The van der Waals surface area contributed by atoms with Gasteiger partial charge in [0.25, 0.3) is 0 Å². The van der Waals surface area contributed by atoms with E-state index in [2.05, 4.69) is 0 Å². The van der Waals surface area contributed by atoms with Gasteiger partial charge in [0.15, 0.2) is 0 Å². The number of nitrogens with two attached hydrogens (primary N) is 1. The number of rotatable bonds is 3. The van der Waals surface area contributed by atoms with Crippen molar-refractivity contribution >= 4 is 21.0 Å². The monoisotopic (exact) mass is 322 g/mol. The van der Waals surface area contributed by atoms with Crippen molar-refractivity contribution in [1.82, 2.24) is 4.31 Å². The third-order valence-corrected chi connectivity index (χ3v) is 5.90. The fraction of sp³-hybridized carbons (Fsp3) is 0.400. The maximum absolute atomic E-state index is 12.8. The van der Waals surface area contributed by atoms with Crippen molar-refractivity contribution in [2.45, 2.75) is 17.7 Å². The number of hydrogen-bond acceptors (Lipinski definition) is 5. The van der Waals surface area contributed by atoms with Gasteiger partial charge in [-0.3, -0.25) is 0 Å². The number of nitrogens with zero attached hydrogens (tertiary/aromatic N) is 1. The molecule has 2 N–H and O–H groups in total. The van der Waals surface area contributed by atoms with E-state index in [4.69, 9.17) is 10.2 Å². The molecular weight excluding hydrogens is 304 g/mol. The zero-order chi connectivity index (χ0) is 15.7. The maximum Gasteiger partial charge on any atom is 0.336 e. The van der Waals surface area contributed by atoms with E-state index in [9.17, 15) is 13.2 Å². The zero-order valence-electron chi connectivity index (χ0n) is 12.1. The lowest BCUT2D eigenvalue weighted by atomic mass is 10.0. The van der Waals surface area contributed by atoms with Crippen LogP contribution in [0.3, 0.4) is 0 Å². The van der Waals surface area contributed by atoms with Gasteiger partial charge in [0, 0.05) is 24.5 Å². The zero-order valence-corrected chi connectivity index (χ0v) is 12.9. The second kappa shape index (κ2) is 5.83. The van der Waals surface area contributed by atoms with Gasteiger partial charge < -0.3 is 10.2 Å². The van der Waals surface area contributed by atoms with Gasteiger partial charge in [-0.1, -0.05) is 0 Å². The molecule has 1 aliphatic rings. The quantitative estimate of drug-likeness (QED) is 0.856. The molecule has 3 rings (SSSR count). The number of piperidine rings is 1. The summed E-state index contributed by atoms with van der Waals surface area (Å²) in [5.41, 5.74) is 5.60. The van der Waals surface area contributed by atoms with Crippen molar-refractivity contribution in [1.29, 1.82) is 0 Å². The Bertz CT molecular complexity index is 844. The number of fused-ring (bicyclic) bond motifs is 1. The van der Waals surface area contributed by atoms with Gasteiger partial charge in [-0.05, 0) is 49.6 Å². The van der Waals surface area contributed by atoms with Gasteiger partial charge in [0.2, 0.25) is 10.0 Å². The molecule has 1 aromatic heterocycles. The minimum atomic E-state index is -3.55. The number of sulfonamides is 1. The second-order valence-electron chi connectivity index (χ2n) is 5.56. The highest BCUT2D eigenvalue weighted by atomic mass is 32.2. The lowest BCUT2D eigenvalue weighted by Gasteiger charge is -2.31. The summed E-state index contributed by atoms with van der Waals surface area (Å²) in [4.78, 5) is 11.4. The van der Waals surface area contributed by atoms with Gasteiger partial charge >= 0.3 is 5.63 Å². The molecule has 0 radical (unpaired) electrons. The molecular formula is C15H18N2O4S. The molecule has 0 aliphatic carbocycles. The highest BCUT2D eigenvalue weighted by molar-refractivity contribution is 7.89. The van der Waals surface area contributed by atoms with Crippen molar-refractivity contribution in [2.24, 2.45) is 11.7 Å². The average molecular weight is 322 g/mol. The summed E-state index contributed by atoms with van der Waals surface area (Å²) in [5.74, 6) is 0.210. The first-order chi connectivity index (χ1) is 10.5. The van der Waals surface area contributed by atoms with E-state index in [0.717, 1.165) is 12.8 Å². The van der Waals surface area contributed by atoms with Gasteiger partial charge in [0.05, 0.1) is 4.90 Å². The Labute approximate surface area is 128 Å². The van der Waals surface area contributed by atoms with Crippen LogP contribution in [0.1, 0.15) is 12.8 Å². The molecule has 1 aromatic carbocycles. The largest absolute Gasteiger partial charge is 0.423 e. The minimum Gasteiger partial charge on any atom is -0.423 e. The summed E-state index contributed by atoms with van der Waals surface area (Å²) in [6.45, 7) is 1.47. The molecule has 1 atom stereocenters. The highest BCUT2D eigenvalue weighted by Gasteiger charge is 2.29. The molecule has 1 unspecified atom stereocenters. The van der Waals surface area contributed by atoms with Crippen LogP contribution in [0.2, 0.25) is 0 Å². The van der Waals surface area contributed by atoms with E-state index in [1.54, 1.807) is 12.1 Å². The van der Waals surface area contributed by atoms with E-state index < -0.39 is 15.6 Å². The molecule has 118 valence electrons. The smallest absolute Gasteiger partial charge is 0.336 e. The number of benzene rings is 1. The molecule has 1 aliphatic heterocycles. The molecule has 0 saturated carbocycles. The highest BCUT2D eigenvalue weighted by Crippen LogP contribution is 2.25. The Morgan fingerprint density at radius 3 is 2.86 bits per heavy atom. The van der Waals surface area contributed by atoms with Crippen LogP contribution < -0.4 is 11.4 Å². The van der Waals surface area contributed by atoms with Crippen molar-refractivity contribution in [3.63, 3.8) is 0 Å². The molecule has 1 saturated heterocycles. The van der Waals surface area contributed by atoms with Crippen molar-refractivity contribution in [2.75, 3.05) is 19.6 Å². The van der Waals surface area contributed by atoms with Crippen LogP contribution in [0.25, 0.3) is 11.0 Å². The van der Waals surface area contributed by atoms with Crippen molar-refractivity contribution in [3.05, 3.63) is 40.8 Å². The summed E-state index contributed by atoms with van der Waals surface area (Å²) >= 11 is 0. The van der Waals surface area contributed by atoms with E-state index >= 15 is 0 Å². The first kappa shape index (κ1) is 15.2. The first-order valence-electron chi connectivity index (χ1n) is 7.25. The SMILES string of the molecule is NCC1CCCN(S(=O)(=O)c2ccc3oc(=O)ccc3c2)C1. The standard InChI is InChI=1S/C15H18N2O4S/c16-9-11-2-1-7-17(10-11)22(19,20)13-4-5-14-12(8-13)3-6-15(18)21-14/h3-6,8,11H,1-2,7,9-10,16H2. The van der Waals surface area contributed by atoms with Gasteiger partial charge in [-0.2, -0.15) is 4.31 Å². The van der Waals surface area contributed by atoms with Crippen molar-refractivity contribution in [3.8, 4) is 0 Å². The molecule has 7 heteroatoms. The third kappa shape index (κ3) is 2.79. The molecule has 6 nitrogen and oxygen atoms in total. The van der Waals surface area contributed by atoms with Gasteiger partial charge in [-0.25, -0.2) is 13.2 Å². The topological polar surface area (TPSA) is 93.6 Å². The number of hydrogen-bond donors (Lipinski definition) is 1. The average Bonchev–Trinajstić information content (AvgIpc) is 2.54. The van der Waals surface area contributed by atoms with Crippen LogP contribution in [0.15, 0.2) is 44.4 Å². The van der Waals surface area contributed by atoms with Crippen LogP contribution >= 0.6 is 0 Å². The predicted octanol–water partition coefficient (Wildman–Crippen LogP) is 1.15. The fourth-order valence-corrected chi connectivity index (χ4v) is 4.39. The minimum absolute atomic E-state index is 0.210. The Morgan fingerprint density at radius 2 is 2.09 bits per heavy atom. The van der Waals surface area contributed by atoms with Crippen LogP contribution in [0.4, 0.5) is 0 Å². The lowest BCUT2D eigenvalue weighted by Crippen LogP contribution is -2.41. The molecule has 2 heterocycles. The van der Waals surface area contributed by atoms with Crippen LogP contribution in [0.5, 0.6) is 0 Å². The summed E-state index contributed by atoms with van der Waals surface area (Å²) < 4.78 is 32.0. The Balaban J connectivity index is 1.98. The molecule has 0 spiro atoms.